The summed E-state index contributed by atoms with van der Waals surface area (Å²) in [6.07, 6.45) is 0.930. The Morgan fingerprint density at radius 2 is 2.24 bits per heavy atom. The highest BCUT2D eigenvalue weighted by molar-refractivity contribution is 7.07. The molecule has 0 unspecified atom stereocenters. The van der Waals surface area contributed by atoms with E-state index in [2.05, 4.69) is 15.0 Å². The molecule has 1 fully saturated rings. The topological polar surface area (TPSA) is 62.2 Å². The highest BCUT2D eigenvalue weighted by atomic mass is 32.1. The molecule has 1 atom stereocenters. The third-order valence-electron chi connectivity index (χ3n) is 3.58. The summed E-state index contributed by atoms with van der Waals surface area (Å²) < 4.78 is 0. The standard InChI is InChI=1S/C14H17N5OS/c1-9-16-10(6-13(17-9)18(2)3)12-4-5-19(12)14(20)11-7-21-8-15-11/h6-8,12H,4-5H2,1-3H3/t12-/m1/s1. The summed E-state index contributed by atoms with van der Waals surface area (Å²) in [5.74, 6) is 1.57. The van der Waals surface area contributed by atoms with Gasteiger partial charge in [-0.05, 0) is 13.3 Å². The normalized spacial score (nSPS) is 17.5. The molecule has 0 radical (unpaired) electrons. The van der Waals surface area contributed by atoms with Gasteiger partial charge in [0.2, 0.25) is 0 Å². The van der Waals surface area contributed by atoms with Crippen LogP contribution >= 0.6 is 11.3 Å². The summed E-state index contributed by atoms with van der Waals surface area (Å²) in [6.45, 7) is 2.63. The molecule has 0 saturated carbocycles. The van der Waals surface area contributed by atoms with Gasteiger partial charge in [0.05, 0.1) is 17.2 Å². The number of hydrogen-bond donors (Lipinski definition) is 0. The lowest BCUT2D eigenvalue weighted by Gasteiger charge is -2.40. The van der Waals surface area contributed by atoms with Crippen molar-refractivity contribution < 1.29 is 4.79 Å². The molecule has 21 heavy (non-hydrogen) atoms. The number of carbonyl (C=O) groups excluding carboxylic acids is 1. The SMILES string of the molecule is Cc1nc([C@H]2CCN2C(=O)c2cscn2)cc(N(C)C)n1. The number of amides is 1. The molecule has 1 aliphatic heterocycles. The molecule has 7 heteroatoms. The van der Waals surface area contributed by atoms with Gasteiger partial charge in [-0.15, -0.1) is 11.3 Å². The summed E-state index contributed by atoms with van der Waals surface area (Å²) in [6, 6.07) is 1.98. The van der Waals surface area contributed by atoms with Crippen LogP contribution in [0.5, 0.6) is 0 Å². The van der Waals surface area contributed by atoms with E-state index in [9.17, 15) is 4.79 Å². The molecular formula is C14H17N5OS. The third kappa shape index (κ3) is 2.61. The van der Waals surface area contributed by atoms with Crippen LogP contribution in [0.2, 0.25) is 0 Å². The number of rotatable bonds is 3. The molecule has 6 nitrogen and oxygen atoms in total. The Morgan fingerprint density at radius 1 is 1.43 bits per heavy atom. The number of anilines is 1. The van der Waals surface area contributed by atoms with Gasteiger partial charge in [0, 0.05) is 32.1 Å². The number of aryl methyl sites for hydroxylation is 1. The molecule has 3 rings (SSSR count). The minimum absolute atomic E-state index is 0.0184. The Morgan fingerprint density at radius 3 is 2.81 bits per heavy atom. The maximum absolute atomic E-state index is 12.4. The molecule has 0 N–H and O–H groups in total. The molecule has 1 saturated heterocycles. The monoisotopic (exact) mass is 303 g/mol. The maximum Gasteiger partial charge on any atom is 0.273 e. The third-order valence-corrected chi connectivity index (χ3v) is 4.16. The van der Waals surface area contributed by atoms with E-state index >= 15 is 0 Å². The summed E-state index contributed by atoms with van der Waals surface area (Å²) in [5.41, 5.74) is 3.10. The molecule has 3 heterocycles. The van der Waals surface area contributed by atoms with E-state index in [-0.39, 0.29) is 11.9 Å². The molecule has 2 aromatic heterocycles. The minimum atomic E-state index is -0.0184. The Kier molecular flexibility index (Phi) is 3.59. The van der Waals surface area contributed by atoms with Crippen molar-refractivity contribution in [2.45, 2.75) is 19.4 Å². The van der Waals surface area contributed by atoms with Crippen molar-refractivity contribution in [2.75, 3.05) is 25.5 Å². The highest BCUT2D eigenvalue weighted by Crippen LogP contribution is 2.34. The number of likely N-dealkylation sites (tertiary alicyclic amines) is 1. The van der Waals surface area contributed by atoms with Gasteiger partial charge in [-0.3, -0.25) is 4.79 Å². The van der Waals surface area contributed by atoms with Gasteiger partial charge in [0.15, 0.2) is 0 Å². The average Bonchev–Trinajstić information content (AvgIpc) is 2.90. The Balaban J connectivity index is 1.86. The van der Waals surface area contributed by atoms with Crippen molar-refractivity contribution in [3.63, 3.8) is 0 Å². The van der Waals surface area contributed by atoms with E-state index in [1.165, 1.54) is 11.3 Å². The van der Waals surface area contributed by atoms with Crippen molar-refractivity contribution in [3.8, 4) is 0 Å². The van der Waals surface area contributed by atoms with Crippen LogP contribution in [-0.2, 0) is 0 Å². The molecule has 1 aliphatic rings. The fraction of sp³-hybridized carbons (Fsp3) is 0.429. The van der Waals surface area contributed by atoms with E-state index in [0.29, 0.717) is 5.69 Å². The molecular weight excluding hydrogens is 286 g/mol. The second kappa shape index (κ2) is 5.40. The van der Waals surface area contributed by atoms with Crippen LogP contribution in [0.25, 0.3) is 0 Å². The molecule has 0 aliphatic carbocycles. The Labute approximate surface area is 127 Å². The van der Waals surface area contributed by atoms with E-state index in [4.69, 9.17) is 0 Å². The molecule has 1 amide bonds. The molecule has 110 valence electrons. The van der Waals surface area contributed by atoms with E-state index in [1.54, 1.807) is 10.9 Å². The van der Waals surface area contributed by atoms with Gasteiger partial charge in [-0.25, -0.2) is 15.0 Å². The summed E-state index contributed by atoms with van der Waals surface area (Å²) in [7, 11) is 3.90. The predicted octanol–water partition coefficient (Wildman–Crippen LogP) is 1.89. The van der Waals surface area contributed by atoms with Crippen molar-refractivity contribution in [2.24, 2.45) is 0 Å². The molecule has 0 bridgehead atoms. The first-order valence-corrected chi connectivity index (χ1v) is 7.72. The number of carbonyl (C=O) groups is 1. The van der Waals surface area contributed by atoms with Crippen LogP contribution in [0, 0.1) is 6.92 Å². The number of thiazole rings is 1. The predicted molar refractivity (Wildman–Crippen MR) is 81.6 cm³/mol. The first kappa shape index (κ1) is 13.9. The second-order valence-corrected chi connectivity index (χ2v) is 5.99. The lowest BCUT2D eigenvalue weighted by atomic mass is 9.98. The van der Waals surface area contributed by atoms with Crippen molar-refractivity contribution in [1.29, 1.82) is 0 Å². The van der Waals surface area contributed by atoms with Gasteiger partial charge in [0.25, 0.3) is 5.91 Å². The first-order valence-electron chi connectivity index (χ1n) is 6.78. The second-order valence-electron chi connectivity index (χ2n) is 5.27. The van der Waals surface area contributed by atoms with E-state index < -0.39 is 0 Å². The molecule has 0 spiro atoms. The van der Waals surface area contributed by atoms with Crippen LogP contribution < -0.4 is 4.90 Å². The van der Waals surface area contributed by atoms with Crippen molar-refractivity contribution in [3.05, 3.63) is 34.2 Å². The van der Waals surface area contributed by atoms with Gasteiger partial charge in [0.1, 0.15) is 17.3 Å². The lowest BCUT2D eigenvalue weighted by molar-refractivity contribution is 0.0445. The van der Waals surface area contributed by atoms with Crippen LogP contribution in [0.15, 0.2) is 17.0 Å². The number of aromatic nitrogens is 3. The van der Waals surface area contributed by atoms with Gasteiger partial charge < -0.3 is 9.80 Å². The summed E-state index contributed by atoms with van der Waals surface area (Å²) in [5, 5.41) is 1.79. The largest absolute Gasteiger partial charge is 0.363 e. The average molecular weight is 303 g/mol. The zero-order valence-corrected chi connectivity index (χ0v) is 13.1. The zero-order chi connectivity index (χ0) is 15.0. The molecule has 2 aromatic rings. The first-order chi connectivity index (χ1) is 10.1. The highest BCUT2D eigenvalue weighted by Gasteiger charge is 2.36. The van der Waals surface area contributed by atoms with Crippen LogP contribution in [0.3, 0.4) is 0 Å². The fourth-order valence-electron chi connectivity index (χ4n) is 2.38. The van der Waals surface area contributed by atoms with E-state index in [1.807, 2.05) is 36.9 Å². The fourth-order valence-corrected chi connectivity index (χ4v) is 2.90. The van der Waals surface area contributed by atoms with E-state index in [0.717, 1.165) is 30.3 Å². The summed E-state index contributed by atoms with van der Waals surface area (Å²) in [4.78, 5) is 29.2. The van der Waals surface area contributed by atoms with Crippen LogP contribution in [0.4, 0.5) is 5.82 Å². The lowest BCUT2D eigenvalue weighted by Crippen LogP contribution is -2.45. The number of nitrogens with zero attached hydrogens (tertiary/aromatic N) is 5. The Bertz CT molecular complexity index is 655. The van der Waals surface area contributed by atoms with Gasteiger partial charge >= 0.3 is 0 Å². The smallest absolute Gasteiger partial charge is 0.273 e. The Hall–Kier alpha value is -2.02. The van der Waals surface area contributed by atoms with Crippen LogP contribution in [0.1, 0.15) is 34.5 Å². The van der Waals surface area contributed by atoms with Crippen molar-refractivity contribution in [1.82, 2.24) is 19.9 Å². The number of hydrogen-bond acceptors (Lipinski definition) is 6. The minimum Gasteiger partial charge on any atom is -0.363 e. The van der Waals surface area contributed by atoms with Gasteiger partial charge in [-0.1, -0.05) is 0 Å². The van der Waals surface area contributed by atoms with Gasteiger partial charge in [-0.2, -0.15) is 0 Å². The quantitative estimate of drug-likeness (QED) is 0.866. The van der Waals surface area contributed by atoms with Crippen molar-refractivity contribution >= 4 is 23.1 Å². The molecule has 0 aromatic carbocycles. The summed E-state index contributed by atoms with van der Waals surface area (Å²) >= 11 is 1.43. The zero-order valence-electron chi connectivity index (χ0n) is 12.3. The maximum atomic E-state index is 12.4. The van der Waals surface area contributed by atoms with Crippen LogP contribution in [-0.4, -0.2) is 46.4 Å².